The zero-order valence-corrected chi connectivity index (χ0v) is 21.7. The average molecular weight is 564 g/mol. The smallest absolute Gasteiger partial charge is 0.287 e. The number of halogens is 1. The van der Waals surface area contributed by atoms with E-state index in [1.54, 1.807) is 36.5 Å². The Morgan fingerprint density at radius 2 is 1.89 bits per heavy atom. The number of carbonyl (C=O) groups excluding carboxylic acids is 1. The molecule has 188 valence electrons. The lowest BCUT2D eigenvalue weighted by Gasteiger charge is -2.11. The van der Waals surface area contributed by atoms with E-state index in [1.165, 1.54) is 19.2 Å². The molecule has 0 unspecified atom stereocenters. The minimum Gasteiger partial charge on any atom is -0.496 e. The summed E-state index contributed by atoms with van der Waals surface area (Å²) in [6.07, 6.45) is 2.75. The van der Waals surface area contributed by atoms with Gasteiger partial charge in [-0.25, -0.2) is 10.4 Å². The molecule has 37 heavy (non-hydrogen) atoms. The number of aryl methyl sites for hydroxylation is 1. The molecule has 0 fully saturated rings. The van der Waals surface area contributed by atoms with Crippen molar-refractivity contribution in [3.8, 4) is 23.1 Å². The van der Waals surface area contributed by atoms with E-state index >= 15 is 0 Å². The first-order valence-electron chi connectivity index (χ1n) is 11.0. The summed E-state index contributed by atoms with van der Waals surface area (Å²) in [5.41, 5.74) is 6.46. The third-order valence-electron chi connectivity index (χ3n) is 5.50. The Bertz CT molecular complexity index is 1480. The molecule has 2 heterocycles. The van der Waals surface area contributed by atoms with Crippen molar-refractivity contribution in [1.29, 1.82) is 0 Å². The van der Waals surface area contributed by atoms with Gasteiger partial charge in [0.1, 0.15) is 17.7 Å². The van der Waals surface area contributed by atoms with Gasteiger partial charge >= 0.3 is 0 Å². The molecule has 10 nitrogen and oxygen atoms in total. The second-order valence-electron chi connectivity index (χ2n) is 7.91. The maximum Gasteiger partial charge on any atom is 0.287 e. The van der Waals surface area contributed by atoms with Gasteiger partial charge in [-0.05, 0) is 62.4 Å². The van der Waals surface area contributed by atoms with Crippen LogP contribution in [0, 0.1) is 24.0 Å². The third kappa shape index (κ3) is 5.84. The van der Waals surface area contributed by atoms with Gasteiger partial charge in [0.2, 0.25) is 5.88 Å². The zero-order valence-electron chi connectivity index (χ0n) is 20.1. The Balaban J connectivity index is 1.46. The fraction of sp³-hybridized carbons (Fsp3) is 0.115. The average Bonchev–Trinajstić information content (AvgIpc) is 3.17. The van der Waals surface area contributed by atoms with Crippen LogP contribution in [0.5, 0.6) is 17.4 Å². The van der Waals surface area contributed by atoms with Crippen LogP contribution >= 0.6 is 15.9 Å². The van der Waals surface area contributed by atoms with Gasteiger partial charge in [-0.15, -0.1) is 0 Å². The van der Waals surface area contributed by atoms with Gasteiger partial charge in [-0.1, -0.05) is 15.9 Å². The fourth-order valence-corrected chi connectivity index (χ4v) is 4.08. The number of nitrogens with zero attached hydrogens (tertiary/aromatic N) is 4. The molecule has 2 aromatic heterocycles. The third-order valence-corrected chi connectivity index (χ3v) is 5.99. The molecule has 0 saturated heterocycles. The van der Waals surface area contributed by atoms with Gasteiger partial charge in [0.15, 0.2) is 0 Å². The first-order chi connectivity index (χ1) is 17.8. The Morgan fingerprint density at radius 1 is 1.14 bits per heavy atom. The standard InChI is InChI=1S/C26H22BrN5O5/c1-16-12-18(14-29-30-26(33)23-13-19(27)4-10-24(23)36-3)17(2)31(16)20-5-8-22(9-6-20)37-25-11-7-21(15-28-25)32(34)35/h4-15H,1-3H3,(H,30,33)/b29-14-. The molecule has 0 radical (unpaired) electrons. The van der Waals surface area contributed by atoms with Crippen LogP contribution in [-0.2, 0) is 0 Å². The largest absolute Gasteiger partial charge is 0.496 e. The SMILES string of the molecule is COc1ccc(Br)cc1C(=O)N/N=C\c1cc(C)n(-c2ccc(Oc3ccc([N+](=O)[O-])cn3)cc2)c1C. The topological polar surface area (TPSA) is 121 Å². The number of methoxy groups -OCH3 is 1. The van der Waals surface area contributed by atoms with Gasteiger partial charge in [-0.2, -0.15) is 5.10 Å². The van der Waals surface area contributed by atoms with Crippen LogP contribution in [0.2, 0.25) is 0 Å². The Labute approximate surface area is 220 Å². The van der Waals surface area contributed by atoms with E-state index in [9.17, 15) is 14.9 Å². The van der Waals surface area contributed by atoms with Gasteiger partial charge in [-0.3, -0.25) is 14.9 Å². The summed E-state index contributed by atoms with van der Waals surface area (Å²) < 4.78 is 13.7. The monoisotopic (exact) mass is 563 g/mol. The second-order valence-corrected chi connectivity index (χ2v) is 8.83. The number of rotatable bonds is 8. The van der Waals surface area contributed by atoms with Crippen molar-refractivity contribution in [2.24, 2.45) is 5.10 Å². The van der Waals surface area contributed by atoms with E-state index in [1.807, 2.05) is 32.0 Å². The molecule has 4 aromatic rings. The van der Waals surface area contributed by atoms with Crippen molar-refractivity contribution in [3.63, 3.8) is 0 Å². The number of amides is 1. The molecule has 0 aliphatic carbocycles. The highest BCUT2D eigenvalue weighted by Gasteiger charge is 2.13. The molecule has 11 heteroatoms. The maximum absolute atomic E-state index is 12.6. The van der Waals surface area contributed by atoms with E-state index in [0.29, 0.717) is 17.1 Å². The Morgan fingerprint density at radius 3 is 2.54 bits per heavy atom. The van der Waals surface area contributed by atoms with E-state index in [2.05, 4.69) is 36.0 Å². The predicted octanol–water partition coefficient (Wildman–Crippen LogP) is 5.72. The molecule has 0 saturated carbocycles. The van der Waals surface area contributed by atoms with E-state index < -0.39 is 4.92 Å². The predicted molar refractivity (Wildman–Crippen MR) is 142 cm³/mol. The molecular formula is C26H22BrN5O5. The van der Waals surface area contributed by atoms with Crippen molar-refractivity contribution in [2.75, 3.05) is 7.11 Å². The number of carbonyl (C=O) groups is 1. The highest BCUT2D eigenvalue weighted by molar-refractivity contribution is 9.10. The Hall–Kier alpha value is -4.51. The number of hydrazone groups is 1. The number of hydrogen-bond acceptors (Lipinski definition) is 7. The molecular weight excluding hydrogens is 542 g/mol. The molecule has 1 N–H and O–H groups in total. The quantitative estimate of drug-likeness (QED) is 0.166. The fourth-order valence-electron chi connectivity index (χ4n) is 3.72. The molecule has 0 bridgehead atoms. The number of benzene rings is 2. The minimum absolute atomic E-state index is 0.104. The highest BCUT2D eigenvalue weighted by atomic mass is 79.9. The number of pyridine rings is 1. The molecule has 0 aliphatic rings. The van der Waals surface area contributed by atoms with Crippen molar-refractivity contribution in [1.82, 2.24) is 15.0 Å². The van der Waals surface area contributed by atoms with Crippen LogP contribution in [0.25, 0.3) is 5.69 Å². The molecule has 4 rings (SSSR count). The van der Waals surface area contributed by atoms with Crippen LogP contribution in [0.3, 0.4) is 0 Å². The summed E-state index contributed by atoms with van der Waals surface area (Å²) in [6, 6.07) is 17.3. The van der Waals surface area contributed by atoms with E-state index in [0.717, 1.165) is 33.3 Å². The van der Waals surface area contributed by atoms with Gasteiger partial charge in [0.05, 0.1) is 23.8 Å². The molecule has 2 aromatic carbocycles. The van der Waals surface area contributed by atoms with Crippen LogP contribution < -0.4 is 14.9 Å². The number of nitrogens with one attached hydrogen (secondary N) is 1. The number of ether oxygens (including phenoxy) is 2. The van der Waals surface area contributed by atoms with Crippen LogP contribution in [0.4, 0.5) is 5.69 Å². The van der Waals surface area contributed by atoms with Gasteiger partial charge in [0.25, 0.3) is 11.6 Å². The number of nitro groups is 1. The summed E-state index contributed by atoms with van der Waals surface area (Å²) in [4.78, 5) is 26.8. The summed E-state index contributed by atoms with van der Waals surface area (Å²) in [5.74, 6) is 0.861. The van der Waals surface area contributed by atoms with Crippen LogP contribution in [-0.4, -0.2) is 33.7 Å². The maximum atomic E-state index is 12.6. The Kier molecular flexibility index (Phi) is 7.63. The van der Waals surface area contributed by atoms with Crippen molar-refractivity contribution >= 4 is 33.7 Å². The molecule has 0 aliphatic heterocycles. The summed E-state index contributed by atoms with van der Waals surface area (Å²) in [6.45, 7) is 3.93. The molecule has 0 atom stereocenters. The van der Waals surface area contributed by atoms with Gasteiger partial charge in [0, 0.05) is 39.2 Å². The van der Waals surface area contributed by atoms with Crippen LogP contribution in [0.15, 0.2) is 76.4 Å². The van der Waals surface area contributed by atoms with E-state index in [4.69, 9.17) is 9.47 Å². The first-order valence-corrected chi connectivity index (χ1v) is 11.8. The first kappa shape index (κ1) is 25.6. The second kappa shape index (κ2) is 11.0. The zero-order chi connectivity index (χ0) is 26.5. The van der Waals surface area contributed by atoms with Crippen molar-refractivity contribution < 1.29 is 19.2 Å². The summed E-state index contributed by atoms with van der Waals surface area (Å²) in [7, 11) is 1.50. The van der Waals surface area contributed by atoms with E-state index in [-0.39, 0.29) is 17.5 Å². The normalized spacial score (nSPS) is 10.9. The van der Waals surface area contributed by atoms with Crippen molar-refractivity contribution in [2.45, 2.75) is 13.8 Å². The molecule has 0 spiro atoms. The van der Waals surface area contributed by atoms with Crippen LogP contribution in [0.1, 0.15) is 27.3 Å². The molecule has 1 amide bonds. The summed E-state index contributed by atoms with van der Waals surface area (Å²) >= 11 is 3.36. The van der Waals surface area contributed by atoms with Gasteiger partial charge < -0.3 is 14.0 Å². The number of hydrogen-bond donors (Lipinski definition) is 1. The lowest BCUT2D eigenvalue weighted by atomic mass is 10.2. The summed E-state index contributed by atoms with van der Waals surface area (Å²) in [5, 5.41) is 14.9. The number of aromatic nitrogens is 2. The highest BCUT2D eigenvalue weighted by Crippen LogP contribution is 2.26. The lowest BCUT2D eigenvalue weighted by molar-refractivity contribution is -0.385. The minimum atomic E-state index is -0.514. The lowest BCUT2D eigenvalue weighted by Crippen LogP contribution is -2.18. The van der Waals surface area contributed by atoms with Crippen molar-refractivity contribution in [3.05, 3.63) is 104 Å².